The van der Waals surface area contributed by atoms with Crippen LogP contribution in [-0.4, -0.2) is 33.9 Å². The molecule has 3 N–H and O–H groups in total. The van der Waals surface area contributed by atoms with Crippen LogP contribution in [0.4, 0.5) is 23.0 Å². The van der Waals surface area contributed by atoms with Gasteiger partial charge in [-0.15, -0.1) is 0 Å². The number of carbonyl (C=O) groups excluding carboxylic acids is 2. The quantitative estimate of drug-likeness (QED) is 0.306. The molecule has 0 saturated carbocycles. The molecule has 0 spiro atoms. The molecule has 0 saturated heterocycles. The number of nitro groups is 1. The van der Waals surface area contributed by atoms with Crippen LogP contribution in [-0.2, 0) is 4.74 Å². The fourth-order valence-corrected chi connectivity index (χ4v) is 2.26. The molecule has 0 fully saturated rings. The highest BCUT2D eigenvalue weighted by Crippen LogP contribution is 2.30. The van der Waals surface area contributed by atoms with Gasteiger partial charge in [-0.1, -0.05) is 0 Å². The molecule has 0 atom stereocenters. The number of carbonyl (C=O) groups is 2. The predicted octanol–water partition coefficient (Wildman–Crippen LogP) is 2.26. The van der Waals surface area contributed by atoms with Gasteiger partial charge >= 0.3 is 17.6 Å². The highest BCUT2D eigenvalue weighted by atomic mass is 16.6. The average molecular weight is 398 g/mol. The van der Waals surface area contributed by atoms with Crippen LogP contribution in [0.3, 0.4) is 0 Å². The summed E-state index contributed by atoms with van der Waals surface area (Å²) in [4.78, 5) is 41.9. The second kappa shape index (κ2) is 8.47. The zero-order chi connectivity index (χ0) is 20.8. The molecule has 29 heavy (non-hydrogen) atoms. The third-order valence-electron chi connectivity index (χ3n) is 3.61. The molecule has 0 unspecified atom stereocenters. The number of nitrogens with one attached hydrogen (secondary N) is 3. The molecule has 12 nitrogen and oxygen atoms in total. The summed E-state index contributed by atoms with van der Waals surface area (Å²) in [6.07, 6.45) is 2.40. The van der Waals surface area contributed by atoms with Crippen molar-refractivity contribution in [1.29, 1.82) is 0 Å². The molecule has 0 aliphatic carbocycles. The number of hydrogen-bond donors (Lipinski definition) is 3. The maximum absolute atomic E-state index is 11.9. The number of anilines is 3. The van der Waals surface area contributed by atoms with Gasteiger partial charge in [-0.25, -0.2) is 14.8 Å². The first-order valence-corrected chi connectivity index (χ1v) is 8.04. The number of rotatable bonds is 7. The Hall–Kier alpha value is -4.48. The normalized spacial score (nSPS) is 10.1. The van der Waals surface area contributed by atoms with E-state index in [2.05, 4.69) is 30.9 Å². The van der Waals surface area contributed by atoms with E-state index in [-0.39, 0.29) is 17.4 Å². The van der Waals surface area contributed by atoms with Crippen LogP contribution in [0.5, 0.6) is 0 Å². The van der Waals surface area contributed by atoms with Crippen LogP contribution in [0, 0.1) is 10.1 Å². The van der Waals surface area contributed by atoms with Crippen LogP contribution in [0.15, 0.2) is 53.4 Å². The number of hydrazine groups is 1. The Morgan fingerprint density at radius 3 is 2.48 bits per heavy atom. The van der Waals surface area contributed by atoms with Crippen molar-refractivity contribution in [1.82, 2.24) is 15.4 Å². The van der Waals surface area contributed by atoms with Gasteiger partial charge in [0.05, 0.1) is 23.9 Å². The van der Waals surface area contributed by atoms with Crippen molar-refractivity contribution in [3.63, 3.8) is 0 Å². The number of esters is 1. The lowest BCUT2D eigenvalue weighted by atomic mass is 10.2. The summed E-state index contributed by atoms with van der Waals surface area (Å²) in [6, 6.07) is 8.99. The van der Waals surface area contributed by atoms with E-state index >= 15 is 0 Å². The van der Waals surface area contributed by atoms with E-state index in [1.165, 1.54) is 49.8 Å². The molecule has 0 aliphatic rings. The second-order valence-corrected chi connectivity index (χ2v) is 5.43. The SMILES string of the molecule is COC(=O)c1ccc(Nc2ncnc(NNC(=O)c3ccco3)c2[N+](=O)[O-])cc1. The Labute approximate surface area is 163 Å². The van der Waals surface area contributed by atoms with Crippen LogP contribution in [0.1, 0.15) is 20.9 Å². The van der Waals surface area contributed by atoms with E-state index in [1.807, 2.05) is 0 Å². The Morgan fingerprint density at radius 1 is 1.14 bits per heavy atom. The number of benzene rings is 1. The molecule has 0 bridgehead atoms. The summed E-state index contributed by atoms with van der Waals surface area (Å²) in [5, 5.41) is 14.3. The smallest absolute Gasteiger partial charge is 0.355 e. The zero-order valence-electron chi connectivity index (χ0n) is 14.9. The molecular weight excluding hydrogens is 384 g/mol. The number of furan rings is 1. The lowest BCUT2D eigenvalue weighted by Crippen LogP contribution is -2.30. The molecule has 0 aliphatic heterocycles. The minimum atomic E-state index is -0.702. The number of methoxy groups -OCH3 is 1. The maximum Gasteiger partial charge on any atom is 0.355 e. The highest BCUT2D eigenvalue weighted by Gasteiger charge is 2.24. The lowest BCUT2D eigenvalue weighted by Gasteiger charge is -2.10. The van der Waals surface area contributed by atoms with Gasteiger partial charge in [0.2, 0.25) is 11.6 Å². The molecule has 148 valence electrons. The number of nitrogens with zero attached hydrogens (tertiary/aromatic N) is 3. The summed E-state index contributed by atoms with van der Waals surface area (Å²) >= 11 is 0. The Kier molecular flexibility index (Phi) is 5.64. The topological polar surface area (TPSA) is 162 Å². The minimum Gasteiger partial charge on any atom is -0.465 e. The molecule has 2 heterocycles. The van der Waals surface area contributed by atoms with Crippen LogP contribution in [0.2, 0.25) is 0 Å². The third kappa shape index (κ3) is 4.44. The van der Waals surface area contributed by atoms with Gasteiger partial charge in [0, 0.05) is 5.69 Å². The minimum absolute atomic E-state index is 0.0123. The van der Waals surface area contributed by atoms with Gasteiger partial charge in [-0.3, -0.25) is 25.8 Å². The summed E-state index contributed by atoms with van der Waals surface area (Å²) in [6.45, 7) is 0. The summed E-state index contributed by atoms with van der Waals surface area (Å²) in [5.41, 5.74) is 4.90. The number of amides is 1. The Balaban J connectivity index is 1.80. The van der Waals surface area contributed by atoms with Gasteiger partial charge in [0.25, 0.3) is 0 Å². The summed E-state index contributed by atoms with van der Waals surface area (Å²) in [5.74, 6) is -1.50. The first-order chi connectivity index (χ1) is 14.0. The third-order valence-corrected chi connectivity index (χ3v) is 3.61. The van der Waals surface area contributed by atoms with Crippen molar-refractivity contribution in [2.24, 2.45) is 0 Å². The molecule has 1 aromatic carbocycles. The van der Waals surface area contributed by atoms with E-state index in [9.17, 15) is 19.7 Å². The molecule has 3 rings (SSSR count). The van der Waals surface area contributed by atoms with E-state index < -0.39 is 22.5 Å². The van der Waals surface area contributed by atoms with Crippen molar-refractivity contribution in [3.8, 4) is 0 Å². The van der Waals surface area contributed by atoms with Gasteiger partial charge in [-0.05, 0) is 36.4 Å². The number of ether oxygens (including phenoxy) is 1. The molecular formula is C17H14N6O6. The zero-order valence-corrected chi connectivity index (χ0v) is 14.9. The van der Waals surface area contributed by atoms with Crippen molar-refractivity contribution in [3.05, 3.63) is 70.4 Å². The van der Waals surface area contributed by atoms with Crippen molar-refractivity contribution >= 4 is 34.9 Å². The van der Waals surface area contributed by atoms with Gasteiger partial charge in [0.1, 0.15) is 6.33 Å². The predicted molar refractivity (Wildman–Crippen MR) is 99.5 cm³/mol. The molecule has 3 aromatic rings. The fraction of sp³-hybridized carbons (Fsp3) is 0.0588. The van der Waals surface area contributed by atoms with E-state index in [0.717, 1.165) is 6.33 Å². The largest absolute Gasteiger partial charge is 0.465 e. The van der Waals surface area contributed by atoms with Gasteiger partial charge < -0.3 is 14.5 Å². The molecule has 0 radical (unpaired) electrons. The summed E-state index contributed by atoms with van der Waals surface area (Å²) < 4.78 is 9.55. The van der Waals surface area contributed by atoms with E-state index in [1.54, 1.807) is 0 Å². The molecule has 1 amide bonds. The highest BCUT2D eigenvalue weighted by molar-refractivity contribution is 5.92. The fourth-order valence-electron chi connectivity index (χ4n) is 2.26. The Morgan fingerprint density at radius 2 is 1.86 bits per heavy atom. The maximum atomic E-state index is 11.9. The second-order valence-electron chi connectivity index (χ2n) is 5.43. The number of hydrogen-bond acceptors (Lipinski definition) is 10. The lowest BCUT2D eigenvalue weighted by molar-refractivity contribution is -0.383. The molecule has 12 heteroatoms. The van der Waals surface area contributed by atoms with E-state index in [4.69, 9.17) is 4.42 Å². The standard InChI is InChI=1S/C17H14N6O6/c1-28-17(25)10-4-6-11(7-5-10)20-14-13(23(26)27)15(19-9-18-14)21-22-16(24)12-3-2-8-29-12/h2-9H,1H3,(H,22,24)(H2,18,19,20,21). The van der Waals surface area contributed by atoms with Crippen molar-refractivity contribution in [2.45, 2.75) is 0 Å². The van der Waals surface area contributed by atoms with Crippen molar-refractivity contribution in [2.75, 3.05) is 17.9 Å². The van der Waals surface area contributed by atoms with Crippen LogP contribution < -0.4 is 16.2 Å². The van der Waals surface area contributed by atoms with Crippen LogP contribution >= 0.6 is 0 Å². The first-order valence-electron chi connectivity index (χ1n) is 8.04. The average Bonchev–Trinajstić information content (AvgIpc) is 3.27. The van der Waals surface area contributed by atoms with E-state index in [0.29, 0.717) is 11.3 Å². The van der Waals surface area contributed by atoms with Crippen LogP contribution in [0.25, 0.3) is 0 Å². The van der Waals surface area contributed by atoms with Gasteiger partial charge in [0.15, 0.2) is 5.76 Å². The Bertz CT molecular complexity index is 1040. The monoisotopic (exact) mass is 398 g/mol. The van der Waals surface area contributed by atoms with Gasteiger partial charge in [-0.2, -0.15) is 0 Å². The summed E-state index contributed by atoms with van der Waals surface area (Å²) in [7, 11) is 1.26. The number of aromatic nitrogens is 2. The van der Waals surface area contributed by atoms with Crippen molar-refractivity contribution < 1.29 is 23.7 Å². The first kappa shape index (κ1) is 19.3. The molecule has 2 aromatic heterocycles.